The first-order valence-electron chi connectivity index (χ1n) is 5.85. The average molecular weight is 256 g/mol. The fraction of sp³-hybridized carbons (Fsp3) is 0.500. The van der Waals surface area contributed by atoms with Crippen LogP contribution in [0.4, 0.5) is 10.1 Å². The first-order chi connectivity index (χ1) is 8.69. The third-order valence-electron chi connectivity index (χ3n) is 2.33. The fourth-order valence-electron chi connectivity index (χ4n) is 1.51. The highest BCUT2D eigenvalue weighted by atomic mass is 19.1. The highest BCUT2D eigenvalue weighted by Gasteiger charge is 2.11. The van der Waals surface area contributed by atoms with E-state index in [-0.39, 0.29) is 12.3 Å². The molecule has 0 bridgehead atoms. The molecule has 6 heteroatoms. The van der Waals surface area contributed by atoms with Gasteiger partial charge in [-0.05, 0) is 19.0 Å². The Morgan fingerprint density at radius 1 is 1.50 bits per heavy atom. The van der Waals surface area contributed by atoms with Gasteiger partial charge in [0.05, 0.1) is 4.92 Å². The quantitative estimate of drug-likeness (QED) is 0.441. The second kappa shape index (κ2) is 7.60. The third-order valence-corrected chi connectivity index (χ3v) is 2.33. The molecule has 0 heterocycles. The van der Waals surface area contributed by atoms with E-state index in [2.05, 4.69) is 5.32 Å². The maximum Gasteiger partial charge on any atom is 0.270 e. The largest absolute Gasteiger partial charge is 0.491 e. The van der Waals surface area contributed by atoms with Crippen LogP contribution in [0.5, 0.6) is 5.75 Å². The molecule has 1 rings (SSSR count). The van der Waals surface area contributed by atoms with E-state index in [1.165, 1.54) is 18.2 Å². The fourth-order valence-corrected chi connectivity index (χ4v) is 1.51. The molecular formula is C12H17FN2O3. The molecule has 0 atom stereocenters. The van der Waals surface area contributed by atoms with Crippen LogP contribution in [0.15, 0.2) is 18.2 Å². The van der Waals surface area contributed by atoms with Gasteiger partial charge < -0.3 is 10.1 Å². The minimum Gasteiger partial charge on any atom is -0.491 e. The van der Waals surface area contributed by atoms with Gasteiger partial charge >= 0.3 is 0 Å². The van der Waals surface area contributed by atoms with Crippen molar-refractivity contribution in [3.8, 4) is 5.75 Å². The number of nitro benzene ring substituents is 1. The first kappa shape index (κ1) is 14.4. The van der Waals surface area contributed by atoms with Crippen molar-refractivity contribution in [2.45, 2.75) is 19.9 Å². The minimum atomic E-state index is -0.585. The number of rotatable bonds is 8. The lowest BCUT2D eigenvalue weighted by Gasteiger charge is -2.10. The number of nitrogens with one attached hydrogen (secondary N) is 1. The zero-order chi connectivity index (χ0) is 13.4. The molecule has 0 aliphatic heterocycles. The van der Waals surface area contributed by atoms with Crippen LogP contribution < -0.4 is 10.1 Å². The van der Waals surface area contributed by atoms with E-state index in [9.17, 15) is 14.5 Å². The lowest BCUT2D eigenvalue weighted by atomic mass is 10.1. The van der Waals surface area contributed by atoms with Crippen molar-refractivity contribution in [1.29, 1.82) is 0 Å². The lowest BCUT2D eigenvalue weighted by Crippen LogP contribution is -2.15. The lowest BCUT2D eigenvalue weighted by molar-refractivity contribution is -0.384. The van der Waals surface area contributed by atoms with Crippen LogP contribution in [0, 0.1) is 10.1 Å². The smallest absolute Gasteiger partial charge is 0.270 e. The van der Waals surface area contributed by atoms with Gasteiger partial charge in [-0.25, -0.2) is 4.39 Å². The van der Waals surface area contributed by atoms with Crippen molar-refractivity contribution in [2.24, 2.45) is 0 Å². The van der Waals surface area contributed by atoms with Crippen LogP contribution >= 0.6 is 0 Å². The number of non-ortho nitro benzene ring substituents is 1. The minimum absolute atomic E-state index is 0.0101. The van der Waals surface area contributed by atoms with E-state index in [1.807, 2.05) is 6.92 Å². The van der Waals surface area contributed by atoms with Crippen molar-refractivity contribution in [3.05, 3.63) is 33.9 Å². The molecule has 0 radical (unpaired) electrons. The Bertz CT molecular complexity index is 399. The van der Waals surface area contributed by atoms with Crippen LogP contribution in [0.3, 0.4) is 0 Å². The molecule has 0 saturated heterocycles. The van der Waals surface area contributed by atoms with Gasteiger partial charge in [0.1, 0.15) is 19.0 Å². The van der Waals surface area contributed by atoms with Gasteiger partial charge in [0.15, 0.2) is 0 Å². The van der Waals surface area contributed by atoms with Gasteiger partial charge in [-0.3, -0.25) is 10.1 Å². The number of nitrogens with zero attached hydrogens (tertiary/aromatic N) is 1. The Hall–Kier alpha value is -1.69. The highest BCUT2D eigenvalue weighted by molar-refractivity contribution is 5.43. The molecule has 5 nitrogen and oxygen atoms in total. The van der Waals surface area contributed by atoms with Crippen LogP contribution in [0.25, 0.3) is 0 Å². The molecule has 0 aliphatic rings. The van der Waals surface area contributed by atoms with Crippen LogP contribution in [0.2, 0.25) is 0 Å². The molecule has 0 aliphatic carbocycles. The summed E-state index contributed by atoms with van der Waals surface area (Å²) in [4.78, 5) is 10.2. The van der Waals surface area contributed by atoms with Crippen molar-refractivity contribution in [3.63, 3.8) is 0 Å². The Balaban J connectivity index is 2.83. The summed E-state index contributed by atoms with van der Waals surface area (Å²) in [6, 6.07) is 4.32. The molecule has 0 fully saturated rings. The number of hydrogen-bond acceptors (Lipinski definition) is 4. The van der Waals surface area contributed by atoms with E-state index < -0.39 is 11.6 Å². The predicted molar refractivity (Wildman–Crippen MR) is 66.6 cm³/mol. The Kier molecular flexibility index (Phi) is 6.07. The SMILES string of the molecule is CCCNCc1cc([N+](=O)[O-])ccc1OCCF. The molecule has 0 unspecified atom stereocenters. The van der Waals surface area contributed by atoms with Gasteiger partial charge in [0.25, 0.3) is 5.69 Å². The third kappa shape index (κ3) is 4.29. The topological polar surface area (TPSA) is 64.4 Å². The zero-order valence-electron chi connectivity index (χ0n) is 10.3. The molecule has 18 heavy (non-hydrogen) atoms. The second-order valence-corrected chi connectivity index (χ2v) is 3.76. The highest BCUT2D eigenvalue weighted by Crippen LogP contribution is 2.24. The number of nitro groups is 1. The number of ether oxygens (including phenoxy) is 1. The Morgan fingerprint density at radius 3 is 2.89 bits per heavy atom. The second-order valence-electron chi connectivity index (χ2n) is 3.76. The summed E-state index contributed by atoms with van der Waals surface area (Å²) in [5, 5.41) is 13.8. The van der Waals surface area contributed by atoms with Gasteiger partial charge in [0.2, 0.25) is 0 Å². The summed E-state index contributed by atoms with van der Waals surface area (Å²) in [6.07, 6.45) is 0.968. The Morgan fingerprint density at radius 2 is 2.28 bits per heavy atom. The summed E-state index contributed by atoms with van der Waals surface area (Å²) in [5.41, 5.74) is 0.682. The molecule has 0 aromatic heterocycles. The van der Waals surface area contributed by atoms with Gasteiger partial charge in [-0.15, -0.1) is 0 Å². The normalized spacial score (nSPS) is 10.3. The standard InChI is InChI=1S/C12H17FN2O3/c1-2-6-14-9-10-8-11(15(16)17)3-4-12(10)18-7-5-13/h3-4,8,14H,2,5-7,9H2,1H3. The van der Waals surface area contributed by atoms with Crippen molar-refractivity contribution in [2.75, 3.05) is 19.8 Å². The molecule has 100 valence electrons. The molecule has 1 aromatic carbocycles. The molecule has 0 spiro atoms. The number of alkyl halides is 1. The van der Waals surface area contributed by atoms with Crippen LogP contribution in [-0.4, -0.2) is 24.7 Å². The summed E-state index contributed by atoms with van der Waals surface area (Å²) < 4.78 is 17.3. The maximum absolute atomic E-state index is 12.1. The zero-order valence-corrected chi connectivity index (χ0v) is 10.3. The van der Waals surface area contributed by atoms with Gasteiger partial charge in [-0.1, -0.05) is 6.92 Å². The monoisotopic (exact) mass is 256 g/mol. The van der Waals surface area contributed by atoms with Gasteiger partial charge in [0, 0.05) is 24.2 Å². The van der Waals surface area contributed by atoms with Crippen molar-refractivity contribution in [1.82, 2.24) is 5.32 Å². The van der Waals surface area contributed by atoms with E-state index in [0.717, 1.165) is 13.0 Å². The molecule has 0 saturated carbocycles. The average Bonchev–Trinajstić information content (AvgIpc) is 2.37. The predicted octanol–water partition coefficient (Wildman–Crippen LogP) is 2.44. The van der Waals surface area contributed by atoms with Crippen molar-refractivity contribution >= 4 is 5.69 Å². The van der Waals surface area contributed by atoms with E-state index in [0.29, 0.717) is 17.9 Å². The summed E-state index contributed by atoms with van der Waals surface area (Å²) in [7, 11) is 0. The maximum atomic E-state index is 12.1. The van der Waals surface area contributed by atoms with Gasteiger partial charge in [-0.2, -0.15) is 0 Å². The van der Waals surface area contributed by atoms with Crippen LogP contribution in [-0.2, 0) is 6.54 Å². The summed E-state index contributed by atoms with van der Waals surface area (Å²) in [6.45, 7) is 2.68. The molecule has 0 amide bonds. The molecular weight excluding hydrogens is 239 g/mol. The molecule has 1 aromatic rings. The summed E-state index contributed by atoms with van der Waals surface area (Å²) in [5.74, 6) is 0.488. The van der Waals surface area contributed by atoms with E-state index in [1.54, 1.807) is 0 Å². The van der Waals surface area contributed by atoms with Crippen molar-refractivity contribution < 1.29 is 14.1 Å². The number of benzene rings is 1. The van der Waals surface area contributed by atoms with E-state index in [4.69, 9.17) is 4.74 Å². The van der Waals surface area contributed by atoms with Crippen LogP contribution in [0.1, 0.15) is 18.9 Å². The molecule has 1 N–H and O–H groups in total. The number of hydrogen-bond donors (Lipinski definition) is 1. The number of halogens is 1. The van der Waals surface area contributed by atoms with E-state index >= 15 is 0 Å². The summed E-state index contributed by atoms with van der Waals surface area (Å²) >= 11 is 0. The first-order valence-corrected chi connectivity index (χ1v) is 5.85. The Labute approximate surface area is 105 Å².